The third-order valence-corrected chi connectivity index (χ3v) is 4.99. The van der Waals surface area contributed by atoms with Crippen molar-refractivity contribution in [3.8, 4) is 0 Å². The van der Waals surface area contributed by atoms with Crippen LogP contribution in [0.5, 0.6) is 0 Å². The molecule has 1 fully saturated rings. The molecule has 2 aromatic rings. The number of rotatable bonds is 3. The fourth-order valence-corrected chi connectivity index (χ4v) is 3.54. The molecule has 0 bridgehead atoms. The Bertz CT molecular complexity index is 827. The zero-order chi connectivity index (χ0) is 17.4. The van der Waals surface area contributed by atoms with Gasteiger partial charge in [0, 0.05) is 31.0 Å². The zero-order valence-electron chi connectivity index (χ0n) is 14.7. The first-order valence-corrected chi connectivity index (χ1v) is 8.37. The van der Waals surface area contributed by atoms with Crippen LogP contribution in [0.1, 0.15) is 29.4 Å². The third-order valence-electron chi connectivity index (χ3n) is 4.99. The number of hydrogen-bond acceptors (Lipinski definition) is 4. The Labute approximate surface area is 141 Å². The maximum absolute atomic E-state index is 12.9. The van der Waals surface area contributed by atoms with E-state index in [-0.39, 0.29) is 16.9 Å². The van der Waals surface area contributed by atoms with Crippen LogP contribution in [0.3, 0.4) is 0 Å². The highest BCUT2D eigenvalue weighted by molar-refractivity contribution is 5.96. The minimum atomic E-state index is -0.248. The van der Waals surface area contributed by atoms with Crippen LogP contribution in [0.25, 0.3) is 11.0 Å². The average Bonchev–Trinajstić information content (AvgIpc) is 2.99. The fraction of sp³-hybridized carbons (Fsp3) is 0.500. The second kappa shape index (κ2) is 6.36. The van der Waals surface area contributed by atoms with E-state index >= 15 is 0 Å². The molecular weight excluding hydrogens is 304 g/mol. The van der Waals surface area contributed by atoms with Gasteiger partial charge in [0.15, 0.2) is 0 Å². The minimum absolute atomic E-state index is 0.193. The molecular formula is C18H24N4O2. The second-order valence-electron chi connectivity index (χ2n) is 6.79. The van der Waals surface area contributed by atoms with E-state index in [2.05, 4.69) is 21.8 Å². The van der Waals surface area contributed by atoms with E-state index in [1.807, 2.05) is 21.0 Å². The van der Waals surface area contributed by atoms with Crippen molar-refractivity contribution in [2.24, 2.45) is 5.92 Å². The number of pyridine rings is 2. The molecule has 6 nitrogen and oxygen atoms in total. The minimum Gasteiger partial charge on any atom is -0.345 e. The Morgan fingerprint density at radius 2 is 2.12 bits per heavy atom. The molecule has 1 aliphatic rings. The Hall–Kier alpha value is -2.21. The number of hydrogen-bond donors (Lipinski definition) is 1. The number of carbonyl (C=O) groups excluding carboxylic acids is 1. The van der Waals surface area contributed by atoms with E-state index in [1.165, 1.54) is 6.20 Å². The van der Waals surface area contributed by atoms with E-state index < -0.39 is 0 Å². The second-order valence-corrected chi connectivity index (χ2v) is 6.79. The highest BCUT2D eigenvalue weighted by atomic mass is 16.2. The molecule has 0 radical (unpaired) electrons. The summed E-state index contributed by atoms with van der Waals surface area (Å²) >= 11 is 0. The van der Waals surface area contributed by atoms with Gasteiger partial charge in [-0.3, -0.25) is 9.59 Å². The topological polar surface area (TPSA) is 69.3 Å². The van der Waals surface area contributed by atoms with Crippen molar-refractivity contribution in [3.63, 3.8) is 0 Å². The van der Waals surface area contributed by atoms with E-state index in [0.717, 1.165) is 12.1 Å². The third kappa shape index (κ3) is 2.82. The van der Waals surface area contributed by atoms with Gasteiger partial charge in [0.2, 0.25) is 5.43 Å². The van der Waals surface area contributed by atoms with Gasteiger partial charge in [-0.05, 0) is 39.1 Å². The summed E-state index contributed by atoms with van der Waals surface area (Å²) in [6, 6.07) is 3.86. The van der Waals surface area contributed by atoms with Crippen molar-refractivity contribution in [2.45, 2.75) is 26.3 Å². The first-order valence-electron chi connectivity index (χ1n) is 8.37. The van der Waals surface area contributed by atoms with Crippen molar-refractivity contribution >= 4 is 16.9 Å². The molecule has 1 N–H and O–H groups in total. The van der Waals surface area contributed by atoms with Gasteiger partial charge in [-0.1, -0.05) is 13.3 Å². The van der Waals surface area contributed by atoms with Crippen molar-refractivity contribution in [3.05, 3.63) is 39.8 Å². The first-order chi connectivity index (χ1) is 11.4. The van der Waals surface area contributed by atoms with Gasteiger partial charge in [-0.25, -0.2) is 4.98 Å². The summed E-state index contributed by atoms with van der Waals surface area (Å²) < 4.78 is 0. The van der Waals surface area contributed by atoms with Gasteiger partial charge in [-0.2, -0.15) is 0 Å². The molecule has 2 aromatic heterocycles. The lowest BCUT2D eigenvalue weighted by molar-refractivity contribution is 0.0779. The standard InChI is InChI=1S/C18H24N4O2/c1-5-12-9-22(10-15(12)21(3)4)18(24)14-8-19-17-13(16(14)23)7-6-11(2)20-17/h6-8,12,15H,5,9-10H2,1-4H3,(H,19,20,23)/t12-,15-/m0/s1. The number of carbonyl (C=O) groups is 1. The lowest BCUT2D eigenvalue weighted by Gasteiger charge is -2.23. The predicted octanol–water partition coefficient (Wildman–Crippen LogP) is 1.64. The molecule has 3 heterocycles. The van der Waals surface area contributed by atoms with Crippen LogP contribution in [0.2, 0.25) is 0 Å². The molecule has 128 valence electrons. The van der Waals surface area contributed by atoms with Crippen molar-refractivity contribution < 1.29 is 4.79 Å². The summed E-state index contributed by atoms with van der Waals surface area (Å²) in [4.78, 5) is 36.8. The van der Waals surface area contributed by atoms with E-state index in [4.69, 9.17) is 0 Å². The molecule has 0 unspecified atom stereocenters. The van der Waals surface area contributed by atoms with Crippen LogP contribution in [0.4, 0.5) is 0 Å². The summed E-state index contributed by atoms with van der Waals surface area (Å²) in [5.41, 5.74) is 1.30. The highest BCUT2D eigenvalue weighted by Crippen LogP contribution is 2.24. The van der Waals surface area contributed by atoms with Crippen LogP contribution in [0.15, 0.2) is 23.1 Å². The Morgan fingerprint density at radius 3 is 2.75 bits per heavy atom. The molecule has 0 aliphatic carbocycles. The fourth-order valence-electron chi connectivity index (χ4n) is 3.54. The molecule has 1 saturated heterocycles. The van der Waals surface area contributed by atoms with Crippen LogP contribution in [-0.4, -0.2) is 58.9 Å². The van der Waals surface area contributed by atoms with Crippen LogP contribution in [0, 0.1) is 12.8 Å². The Morgan fingerprint density at radius 1 is 1.38 bits per heavy atom. The van der Waals surface area contributed by atoms with E-state index in [0.29, 0.717) is 36.1 Å². The van der Waals surface area contributed by atoms with Gasteiger partial charge in [0.05, 0.1) is 5.39 Å². The maximum atomic E-state index is 12.9. The SMILES string of the molecule is CC[C@H]1CN(C(=O)c2c[nH]c3nc(C)ccc3c2=O)C[C@@H]1N(C)C. The lowest BCUT2D eigenvalue weighted by atomic mass is 10.0. The monoisotopic (exact) mass is 328 g/mol. The van der Waals surface area contributed by atoms with E-state index in [1.54, 1.807) is 17.0 Å². The number of aryl methyl sites for hydroxylation is 1. The summed E-state index contributed by atoms with van der Waals surface area (Å²) in [5.74, 6) is 0.245. The highest BCUT2D eigenvalue weighted by Gasteiger charge is 2.36. The largest absolute Gasteiger partial charge is 0.345 e. The van der Waals surface area contributed by atoms with Gasteiger partial charge < -0.3 is 14.8 Å². The van der Waals surface area contributed by atoms with Gasteiger partial charge in [-0.15, -0.1) is 0 Å². The molecule has 0 saturated carbocycles. The number of nitrogens with one attached hydrogen (secondary N) is 1. The van der Waals surface area contributed by atoms with Gasteiger partial charge >= 0.3 is 0 Å². The Kier molecular flexibility index (Phi) is 4.41. The summed E-state index contributed by atoms with van der Waals surface area (Å²) in [6.07, 6.45) is 2.52. The van der Waals surface area contributed by atoms with Gasteiger partial charge in [0.1, 0.15) is 11.2 Å². The van der Waals surface area contributed by atoms with E-state index in [9.17, 15) is 9.59 Å². The average molecular weight is 328 g/mol. The van der Waals surface area contributed by atoms with Crippen molar-refractivity contribution in [1.29, 1.82) is 0 Å². The number of H-pyrrole nitrogens is 1. The lowest BCUT2D eigenvalue weighted by Crippen LogP contribution is -2.37. The van der Waals surface area contributed by atoms with Crippen molar-refractivity contribution in [1.82, 2.24) is 19.8 Å². The van der Waals surface area contributed by atoms with Crippen LogP contribution < -0.4 is 5.43 Å². The zero-order valence-corrected chi connectivity index (χ0v) is 14.7. The van der Waals surface area contributed by atoms with Crippen molar-refractivity contribution in [2.75, 3.05) is 27.2 Å². The van der Waals surface area contributed by atoms with Crippen LogP contribution >= 0.6 is 0 Å². The molecule has 2 atom stereocenters. The number of fused-ring (bicyclic) bond motifs is 1. The molecule has 0 aromatic carbocycles. The Balaban J connectivity index is 1.93. The normalized spacial score (nSPS) is 21.0. The maximum Gasteiger partial charge on any atom is 0.259 e. The summed E-state index contributed by atoms with van der Waals surface area (Å²) in [5, 5.41) is 0.460. The molecule has 0 spiro atoms. The molecule has 24 heavy (non-hydrogen) atoms. The molecule has 6 heteroatoms. The summed E-state index contributed by atoms with van der Waals surface area (Å²) in [6.45, 7) is 5.37. The molecule has 1 aliphatic heterocycles. The number of amides is 1. The van der Waals surface area contributed by atoms with Gasteiger partial charge in [0.25, 0.3) is 5.91 Å². The first kappa shape index (κ1) is 16.6. The number of aromatic amines is 1. The molecule has 1 amide bonds. The number of likely N-dealkylation sites (N-methyl/N-ethyl adjacent to an activating group) is 1. The number of aromatic nitrogens is 2. The quantitative estimate of drug-likeness (QED) is 0.930. The smallest absolute Gasteiger partial charge is 0.259 e. The van der Waals surface area contributed by atoms with Crippen LogP contribution in [-0.2, 0) is 0 Å². The molecule has 3 rings (SSSR count). The number of nitrogens with zero attached hydrogens (tertiary/aromatic N) is 3. The number of likely N-dealkylation sites (tertiary alicyclic amines) is 1. The predicted molar refractivity (Wildman–Crippen MR) is 94.3 cm³/mol. The summed E-state index contributed by atoms with van der Waals surface area (Å²) in [7, 11) is 4.08.